The van der Waals surface area contributed by atoms with Crippen LogP contribution in [-0.2, 0) is 21.5 Å². The molecule has 0 amide bonds. The van der Waals surface area contributed by atoms with Crippen molar-refractivity contribution in [2.24, 2.45) is 0 Å². The predicted molar refractivity (Wildman–Crippen MR) is 105 cm³/mol. The van der Waals surface area contributed by atoms with E-state index in [4.69, 9.17) is 0 Å². The van der Waals surface area contributed by atoms with Gasteiger partial charge in [0.1, 0.15) is 19.2 Å². The van der Waals surface area contributed by atoms with Crippen molar-refractivity contribution in [1.82, 2.24) is 0 Å². The average Bonchev–Trinajstić information content (AvgIpc) is 3.23. The van der Waals surface area contributed by atoms with Crippen LogP contribution in [0.2, 0.25) is 0 Å². The molecule has 124 valence electrons. The molecule has 2 atom stereocenters. The summed E-state index contributed by atoms with van der Waals surface area (Å²) in [6.45, 7) is -0.474. The molecule has 0 saturated carbocycles. The molecule has 0 bridgehead atoms. The normalized spacial score (nSPS) is 37.2. The van der Waals surface area contributed by atoms with Crippen LogP contribution in [-0.4, -0.2) is 85.9 Å². The van der Waals surface area contributed by atoms with Gasteiger partial charge < -0.3 is 19.3 Å². The van der Waals surface area contributed by atoms with E-state index in [2.05, 4.69) is 0 Å². The molecule has 2 aliphatic heterocycles. The Kier molecular flexibility index (Phi) is 6.49. The number of fused-ring (bicyclic) bond motifs is 1. The summed E-state index contributed by atoms with van der Waals surface area (Å²) < 4.78 is 26.3. The van der Waals surface area contributed by atoms with Crippen LogP contribution in [0.3, 0.4) is 0 Å². The predicted octanol–water partition coefficient (Wildman–Crippen LogP) is 2.18. The van der Waals surface area contributed by atoms with E-state index in [-0.39, 0.29) is 71.4 Å². The summed E-state index contributed by atoms with van der Waals surface area (Å²) >= 11 is 0. The minimum atomic E-state index is -3.09. The van der Waals surface area contributed by atoms with E-state index in [9.17, 15) is 19.3 Å². The molecular weight excluding hydrogens is 376 g/mol. The van der Waals surface area contributed by atoms with Crippen LogP contribution in [0.5, 0.6) is 0 Å². The number of benzene rings is 2. The Balaban J connectivity index is 0.00000113. The standard InChI is InChI=1S/C17H18O4P2.2Na.2H/c18-13-16-17(19,22(16,20)11-14-7-3-1-4-8-14)23(16,21)12-15-9-5-2-6-10-15;;;;/h1-10,18-19H,11-13H2;;;;. The molecule has 2 aromatic rings. The van der Waals surface area contributed by atoms with Crippen molar-refractivity contribution in [2.45, 2.75) is 22.3 Å². The summed E-state index contributed by atoms with van der Waals surface area (Å²) in [5.74, 6) is 0. The Labute approximate surface area is 191 Å². The maximum atomic E-state index is 13.2. The molecule has 4 rings (SSSR count). The van der Waals surface area contributed by atoms with Crippen molar-refractivity contribution in [3.05, 3.63) is 71.8 Å². The van der Waals surface area contributed by atoms with Crippen LogP contribution < -0.4 is 0 Å². The van der Waals surface area contributed by atoms with E-state index in [1.807, 2.05) is 60.7 Å². The molecule has 2 fully saturated rings. The van der Waals surface area contributed by atoms with E-state index in [1.165, 1.54) is 0 Å². The Morgan fingerprint density at radius 1 is 0.760 bits per heavy atom. The van der Waals surface area contributed by atoms with Crippen LogP contribution in [0.25, 0.3) is 0 Å². The molecule has 2 aromatic carbocycles. The van der Waals surface area contributed by atoms with Crippen LogP contribution >= 0.6 is 14.3 Å². The van der Waals surface area contributed by atoms with Crippen molar-refractivity contribution in [1.29, 1.82) is 0 Å². The van der Waals surface area contributed by atoms with Gasteiger partial charge in [0.05, 0.1) is 6.61 Å². The molecule has 2 saturated heterocycles. The van der Waals surface area contributed by atoms with Gasteiger partial charge in [-0.3, -0.25) is 0 Å². The van der Waals surface area contributed by atoms with Crippen LogP contribution in [0, 0.1) is 0 Å². The first-order valence-electron chi connectivity index (χ1n) is 7.56. The van der Waals surface area contributed by atoms with Gasteiger partial charge in [0.25, 0.3) is 0 Å². The zero-order valence-corrected chi connectivity index (χ0v) is 14.3. The fraction of sp³-hybridized carbons (Fsp3) is 0.294. The van der Waals surface area contributed by atoms with E-state index >= 15 is 0 Å². The molecular formula is C17H20Na2O4P2. The second kappa shape index (κ2) is 7.33. The molecule has 2 aliphatic rings. The molecule has 0 radical (unpaired) electrons. The second-order valence-electron chi connectivity index (χ2n) is 6.38. The van der Waals surface area contributed by atoms with Crippen LogP contribution in [0.4, 0.5) is 0 Å². The molecule has 4 nitrogen and oxygen atoms in total. The fourth-order valence-electron chi connectivity index (χ4n) is 4.06. The topological polar surface area (TPSA) is 74.6 Å². The molecule has 0 spiro atoms. The number of hydrogen-bond donors (Lipinski definition) is 2. The monoisotopic (exact) mass is 396 g/mol. The van der Waals surface area contributed by atoms with Crippen molar-refractivity contribution >= 4 is 73.4 Å². The van der Waals surface area contributed by atoms with E-state index in [0.29, 0.717) is 0 Å². The van der Waals surface area contributed by atoms with Gasteiger partial charge >= 0.3 is 59.1 Å². The average molecular weight is 396 g/mol. The van der Waals surface area contributed by atoms with Gasteiger partial charge in [-0.05, 0) is 11.1 Å². The number of rotatable bonds is 5. The van der Waals surface area contributed by atoms with Gasteiger partial charge in [0, 0.05) is 12.3 Å². The SMILES string of the molecule is O=P1(Cc2ccccc2)C2(O)C1(CO)P2(=O)Cc1ccccc1.[NaH].[NaH]. The Morgan fingerprint density at radius 2 is 1.12 bits per heavy atom. The first kappa shape index (κ1) is 22.1. The van der Waals surface area contributed by atoms with Gasteiger partial charge in [-0.2, -0.15) is 0 Å². The third-order valence-electron chi connectivity index (χ3n) is 5.36. The zero-order chi connectivity index (χ0) is 16.3. The quantitative estimate of drug-likeness (QED) is 0.600. The Morgan fingerprint density at radius 3 is 1.40 bits per heavy atom. The van der Waals surface area contributed by atoms with Crippen molar-refractivity contribution < 1.29 is 19.3 Å². The third-order valence-corrected chi connectivity index (χ3v) is 16.9. The number of aliphatic hydroxyl groups is 2. The minimum absolute atomic E-state index is 0. The summed E-state index contributed by atoms with van der Waals surface area (Å²) in [5.41, 5.74) is 1.69. The molecule has 25 heavy (non-hydrogen) atoms. The summed E-state index contributed by atoms with van der Waals surface area (Å²) in [6.07, 6.45) is 0.396. The second-order valence-corrected chi connectivity index (χ2v) is 13.5. The first-order valence-corrected chi connectivity index (χ1v) is 11.3. The summed E-state index contributed by atoms with van der Waals surface area (Å²) in [6, 6.07) is 18.5. The van der Waals surface area contributed by atoms with Crippen molar-refractivity contribution in [3.8, 4) is 0 Å². The van der Waals surface area contributed by atoms with E-state index < -0.39 is 30.9 Å². The number of aliphatic hydroxyl groups excluding tert-OH is 1. The van der Waals surface area contributed by atoms with Gasteiger partial charge in [0.2, 0.25) is 0 Å². The molecule has 2 heterocycles. The van der Waals surface area contributed by atoms with Gasteiger partial charge in [-0.25, -0.2) is 0 Å². The Bertz CT molecular complexity index is 794. The molecule has 2 N–H and O–H groups in total. The van der Waals surface area contributed by atoms with Gasteiger partial charge in [-0.1, -0.05) is 60.7 Å². The summed E-state index contributed by atoms with van der Waals surface area (Å²) in [5, 5.41) is 19.0. The van der Waals surface area contributed by atoms with Crippen LogP contribution in [0.15, 0.2) is 60.7 Å². The van der Waals surface area contributed by atoms with Crippen molar-refractivity contribution in [2.75, 3.05) is 6.61 Å². The molecule has 8 heteroatoms. The summed E-state index contributed by atoms with van der Waals surface area (Å²) in [7, 11) is -6.18. The number of hydrogen-bond acceptors (Lipinski definition) is 4. The molecule has 0 aliphatic carbocycles. The zero-order valence-electron chi connectivity index (χ0n) is 12.5. The van der Waals surface area contributed by atoms with Crippen molar-refractivity contribution in [3.63, 3.8) is 0 Å². The third kappa shape index (κ3) is 2.58. The fourth-order valence-corrected chi connectivity index (χ4v) is 17.5. The first-order chi connectivity index (χ1) is 11.0. The van der Waals surface area contributed by atoms with Crippen LogP contribution in [0.1, 0.15) is 11.1 Å². The van der Waals surface area contributed by atoms with Gasteiger partial charge in [-0.15, -0.1) is 0 Å². The van der Waals surface area contributed by atoms with Gasteiger partial charge in [0.15, 0.2) is 5.08 Å². The molecule has 2 unspecified atom stereocenters. The summed E-state index contributed by atoms with van der Waals surface area (Å²) in [4.78, 5) is -1.27. The van der Waals surface area contributed by atoms with E-state index in [1.54, 1.807) is 0 Å². The van der Waals surface area contributed by atoms with E-state index in [0.717, 1.165) is 11.1 Å². The molecule has 0 aromatic heterocycles. The Hall–Kier alpha value is 0.820. The maximum absolute atomic E-state index is 13.2.